The van der Waals surface area contributed by atoms with E-state index in [0.29, 0.717) is 35.8 Å². The summed E-state index contributed by atoms with van der Waals surface area (Å²) >= 11 is 0. The van der Waals surface area contributed by atoms with Gasteiger partial charge in [-0.25, -0.2) is 4.79 Å². The number of phenols is 1. The molecule has 0 radical (unpaired) electrons. The van der Waals surface area contributed by atoms with Crippen molar-refractivity contribution in [2.24, 2.45) is 5.92 Å². The molecular formula is C29H34O12. The van der Waals surface area contributed by atoms with E-state index in [4.69, 9.17) is 18.9 Å². The Hall–Kier alpha value is -3.39. The summed E-state index contributed by atoms with van der Waals surface area (Å²) in [6.45, 7) is 2.93. The molecule has 0 bridgehead atoms. The molecule has 2 aliphatic heterocycles. The molecule has 0 amide bonds. The second-order valence-electron chi connectivity index (χ2n) is 10.3. The topological polar surface area (TPSA) is 189 Å². The smallest absolute Gasteiger partial charge is 0.334 e. The van der Waals surface area contributed by atoms with Gasteiger partial charge in [0.2, 0.25) is 0 Å². The lowest BCUT2D eigenvalue weighted by molar-refractivity contribution is -0.302. The number of rotatable bonds is 8. The molecule has 2 heterocycles. The van der Waals surface area contributed by atoms with Crippen LogP contribution in [0.2, 0.25) is 0 Å². The van der Waals surface area contributed by atoms with Crippen LogP contribution in [-0.4, -0.2) is 99.9 Å². The van der Waals surface area contributed by atoms with E-state index in [9.17, 15) is 39.9 Å². The third-order valence-corrected chi connectivity index (χ3v) is 7.35. The Bertz CT molecular complexity index is 1190. The normalized spacial score (nSPS) is 34.8. The Balaban J connectivity index is 1.52. The first-order valence-electron chi connectivity index (χ1n) is 13.2. The van der Waals surface area contributed by atoms with Crippen molar-refractivity contribution in [3.8, 4) is 5.75 Å². The molecule has 3 aliphatic rings. The molecule has 0 saturated carbocycles. The molecule has 1 aromatic rings. The van der Waals surface area contributed by atoms with Gasteiger partial charge in [-0.05, 0) is 47.8 Å². The maximum atomic E-state index is 12.7. The molecule has 8 atom stereocenters. The highest BCUT2D eigenvalue weighted by Gasteiger charge is 2.47. The van der Waals surface area contributed by atoms with Crippen LogP contribution in [0.4, 0.5) is 0 Å². The first kappa shape index (κ1) is 30.6. The van der Waals surface area contributed by atoms with Crippen LogP contribution >= 0.6 is 0 Å². The van der Waals surface area contributed by atoms with Crippen molar-refractivity contribution in [1.82, 2.24) is 0 Å². The Morgan fingerprint density at radius 1 is 1.15 bits per heavy atom. The summed E-state index contributed by atoms with van der Waals surface area (Å²) in [5, 5.41) is 51.0. The number of aromatic hydroxyl groups is 1. The number of hydrogen-bond acceptors (Lipinski definition) is 12. The molecule has 12 heteroatoms. The molecule has 12 nitrogen and oxygen atoms in total. The highest BCUT2D eigenvalue weighted by atomic mass is 16.7. The fourth-order valence-electron chi connectivity index (χ4n) is 5.10. The second-order valence-corrected chi connectivity index (χ2v) is 10.3. The monoisotopic (exact) mass is 574 g/mol. The summed E-state index contributed by atoms with van der Waals surface area (Å²) in [6, 6.07) is 5.87. The predicted octanol–water partition coefficient (Wildman–Crippen LogP) is -0.00360. The van der Waals surface area contributed by atoms with Crippen molar-refractivity contribution in [2.75, 3.05) is 13.2 Å². The number of aliphatic hydroxyl groups excluding tert-OH is 4. The summed E-state index contributed by atoms with van der Waals surface area (Å²) < 4.78 is 22.4. The van der Waals surface area contributed by atoms with Crippen LogP contribution in [0.3, 0.4) is 0 Å². The van der Waals surface area contributed by atoms with Crippen LogP contribution in [0.1, 0.15) is 24.8 Å². The molecule has 3 unspecified atom stereocenters. The number of carbonyl (C=O) groups is 3. The fraction of sp³-hybridized carbons (Fsp3) is 0.483. The molecule has 5 N–H and O–H groups in total. The summed E-state index contributed by atoms with van der Waals surface area (Å²) in [6.07, 6.45) is -4.69. The minimum Gasteiger partial charge on any atom is -0.508 e. The number of aliphatic hydroxyl groups is 4. The number of carbonyl (C=O) groups excluding carboxylic acids is 3. The quantitative estimate of drug-likeness (QED) is 0.121. The summed E-state index contributed by atoms with van der Waals surface area (Å²) in [5.74, 6) is -2.18. The predicted molar refractivity (Wildman–Crippen MR) is 140 cm³/mol. The molecule has 41 heavy (non-hydrogen) atoms. The van der Waals surface area contributed by atoms with Crippen LogP contribution in [0.15, 0.2) is 59.7 Å². The molecule has 222 valence electrons. The van der Waals surface area contributed by atoms with E-state index in [2.05, 4.69) is 6.58 Å². The van der Waals surface area contributed by atoms with Gasteiger partial charge in [0.05, 0.1) is 31.7 Å². The van der Waals surface area contributed by atoms with Gasteiger partial charge < -0.3 is 44.5 Å². The minimum atomic E-state index is -1.65. The lowest BCUT2D eigenvalue weighted by Crippen LogP contribution is -2.60. The molecule has 1 aromatic carbocycles. The highest BCUT2D eigenvalue weighted by Crippen LogP contribution is 2.35. The van der Waals surface area contributed by atoms with E-state index in [1.807, 2.05) is 0 Å². The molecule has 2 fully saturated rings. The van der Waals surface area contributed by atoms with Crippen molar-refractivity contribution in [3.05, 3.63) is 65.3 Å². The second kappa shape index (κ2) is 13.5. The van der Waals surface area contributed by atoms with Gasteiger partial charge in [0, 0.05) is 12.0 Å². The number of hydrogen-bond donors (Lipinski definition) is 5. The number of esters is 2. The van der Waals surface area contributed by atoms with E-state index in [0.717, 1.165) is 0 Å². The van der Waals surface area contributed by atoms with E-state index in [1.165, 1.54) is 24.3 Å². The van der Waals surface area contributed by atoms with Gasteiger partial charge in [-0.15, -0.1) is 0 Å². The van der Waals surface area contributed by atoms with Crippen molar-refractivity contribution < 1.29 is 58.9 Å². The van der Waals surface area contributed by atoms with Crippen molar-refractivity contribution in [1.29, 1.82) is 0 Å². The van der Waals surface area contributed by atoms with Gasteiger partial charge in [-0.2, -0.15) is 0 Å². The Labute approximate surface area is 236 Å². The van der Waals surface area contributed by atoms with Crippen LogP contribution in [-0.2, 0) is 39.8 Å². The molecule has 4 rings (SSSR count). The number of allylic oxidation sites excluding steroid dienone is 1. The van der Waals surface area contributed by atoms with E-state index in [1.54, 1.807) is 12.2 Å². The highest BCUT2D eigenvalue weighted by molar-refractivity contribution is 5.91. The molecule has 2 saturated heterocycles. The van der Waals surface area contributed by atoms with Crippen molar-refractivity contribution in [3.63, 3.8) is 0 Å². The average Bonchev–Trinajstić information content (AvgIpc) is 3.23. The largest absolute Gasteiger partial charge is 0.508 e. The Morgan fingerprint density at radius 2 is 1.88 bits per heavy atom. The first-order valence-corrected chi connectivity index (χ1v) is 13.2. The summed E-state index contributed by atoms with van der Waals surface area (Å²) in [7, 11) is 0. The van der Waals surface area contributed by atoms with E-state index in [-0.39, 0.29) is 30.8 Å². The summed E-state index contributed by atoms with van der Waals surface area (Å²) in [4.78, 5) is 36.4. The number of aldehydes is 1. The van der Waals surface area contributed by atoms with Gasteiger partial charge in [0.15, 0.2) is 12.4 Å². The van der Waals surface area contributed by atoms with Crippen molar-refractivity contribution >= 4 is 18.2 Å². The van der Waals surface area contributed by atoms with E-state index < -0.39 is 67.4 Å². The van der Waals surface area contributed by atoms with E-state index >= 15 is 0 Å². The zero-order valence-electron chi connectivity index (χ0n) is 22.2. The van der Waals surface area contributed by atoms with Crippen LogP contribution < -0.4 is 0 Å². The lowest BCUT2D eigenvalue weighted by atomic mass is 9.85. The zero-order chi connectivity index (χ0) is 29.7. The van der Waals surface area contributed by atoms with Crippen LogP contribution in [0.25, 0.3) is 0 Å². The van der Waals surface area contributed by atoms with Gasteiger partial charge in [0.25, 0.3) is 0 Å². The number of ether oxygens (including phenoxy) is 4. The number of phenolic OH excluding ortho intramolecular Hbond substituents is 1. The van der Waals surface area contributed by atoms with Crippen LogP contribution in [0.5, 0.6) is 5.75 Å². The Kier molecular flexibility index (Phi) is 10.1. The lowest BCUT2D eigenvalue weighted by Gasteiger charge is -2.41. The van der Waals surface area contributed by atoms with Gasteiger partial charge in [0.1, 0.15) is 36.5 Å². The maximum Gasteiger partial charge on any atom is 0.334 e. The Morgan fingerprint density at radius 3 is 2.56 bits per heavy atom. The number of benzene rings is 1. The zero-order valence-corrected chi connectivity index (χ0v) is 22.2. The molecule has 0 aromatic heterocycles. The standard InChI is InChI=1S/C29H34O12/c1-15-24-20(33)9-17(12-30)3-2-4-18(10-21(24)39-28(15)37)14-38-29-27(26(36)25(35)22(13-31)40-29)41-23(34)11-16-5-7-19(32)8-6-16/h3,5-8,10,12,20-22,24-27,29,31-33,35-36H,1-2,4,9,11,13-14H2/b17-3+,18-10+/t20?,21?,22-,24?,25-,26+,27-,29-/m1/s1. The maximum absolute atomic E-state index is 12.7. The number of fused-ring (bicyclic) bond motifs is 1. The van der Waals surface area contributed by atoms with Gasteiger partial charge in [-0.3, -0.25) is 9.59 Å². The fourth-order valence-corrected chi connectivity index (χ4v) is 5.10. The minimum absolute atomic E-state index is 0.0232. The first-order chi connectivity index (χ1) is 19.6. The molecular weight excluding hydrogens is 540 g/mol. The average molecular weight is 575 g/mol. The van der Waals surface area contributed by atoms with Gasteiger partial charge >= 0.3 is 11.9 Å². The van der Waals surface area contributed by atoms with Crippen LogP contribution in [0, 0.1) is 5.92 Å². The SMILES string of the molecule is C=C1C(=O)OC2/C=C(/CO[C@@H]3O[C@H](CO)[C@@H](O)[C@H](O)[C@H]3OC(=O)Cc3ccc(O)cc3)CC/C=C(/C=O)CC(O)C12. The molecule has 1 aliphatic carbocycles. The van der Waals surface area contributed by atoms with Gasteiger partial charge in [-0.1, -0.05) is 24.8 Å². The summed E-state index contributed by atoms with van der Waals surface area (Å²) in [5.41, 5.74) is 1.58. The molecule has 0 spiro atoms. The van der Waals surface area contributed by atoms with Crippen molar-refractivity contribution in [2.45, 2.75) is 68.6 Å². The third-order valence-electron chi connectivity index (χ3n) is 7.35. The third kappa shape index (κ3) is 7.28.